The van der Waals surface area contributed by atoms with Gasteiger partial charge in [0.15, 0.2) is 0 Å². The average Bonchev–Trinajstić information content (AvgIpc) is 2.15. The van der Waals surface area contributed by atoms with Gasteiger partial charge in [0, 0.05) is 13.1 Å². The molecule has 0 aromatic rings. The molecule has 0 heterocycles. The van der Waals surface area contributed by atoms with E-state index in [0.717, 1.165) is 0 Å². The van der Waals surface area contributed by atoms with E-state index in [1.165, 1.54) is 0 Å². The number of carbonyl (C=O) groups is 1. The van der Waals surface area contributed by atoms with Gasteiger partial charge in [-0.25, -0.2) is 0 Å². The Morgan fingerprint density at radius 2 is 1.80 bits per heavy atom. The van der Waals surface area contributed by atoms with Crippen LogP contribution in [0.1, 0.15) is 20.3 Å². The molecule has 0 saturated carbocycles. The summed E-state index contributed by atoms with van der Waals surface area (Å²) in [5.74, 6) is 0.404. The van der Waals surface area contributed by atoms with Crippen LogP contribution in [0.25, 0.3) is 0 Å². The van der Waals surface area contributed by atoms with Crippen LogP contribution in [0.3, 0.4) is 0 Å². The Kier molecular flexibility index (Phi) is 6.71. The van der Waals surface area contributed by atoms with Gasteiger partial charge in [-0.15, -0.1) is 13.2 Å². The third-order valence-corrected chi connectivity index (χ3v) is 2.05. The number of nitrogens with zero attached hydrogens (tertiary/aromatic N) is 1. The molecule has 15 heavy (non-hydrogen) atoms. The zero-order chi connectivity index (χ0) is 11.8. The minimum atomic E-state index is -0.412. The lowest BCUT2D eigenvalue weighted by Crippen LogP contribution is -2.44. The second-order valence-corrected chi connectivity index (χ2v) is 4.06. The van der Waals surface area contributed by atoms with Gasteiger partial charge >= 0.3 is 0 Å². The van der Waals surface area contributed by atoms with E-state index in [1.54, 1.807) is 17.1 Å². The van der Waals surface area contributed by atoms with Crippen LogP contribution >= 0.6 is 0 Å². The Bertz CT molecular complexity index is 214. The minimum absolute atomic E-state index is 0.0245. The number of carbonyl (C=O) groups excluding carboxylic acids is 1. The lowest BCUT2D eigenvalue weighted by Gasteiger charge is -2.24. The van der Waals surface area contributed by atoms with Crippen molar-refractivity contribution in [2.45, 2.75) is 26.3 Å². The monoisotopic (exact) mass is 210 g/mol. The highest BCUT2D eigenvalue weighted by atomic mass is 16.2. The first-order valence-electron chi connectivity index (χ1n) is 5.29. The van der Waals surface area contributed by atoms with E-state index in [0.29, 0.717) is 25.4 Å². The summed E-state index contributed by atoms with van der Waals surface area (Å²) in [5.41, 5.74) is 5.82. The molecule has 0 spiro atoms. The van der Waals surface area contributed by atoms with Gasteiger partial charge in [-0.1, -0.05) is 26.0 Å². The van der Waals surface area contributed by atoms with Crippen LogP contribution in [0, 0.1) is 5.92 Å². The Hall–Kier alpha value is -1.09. The van der Waals surface area contributed by atoms with Crippen LogP contribution in [0.15, 0.2) is 25.3 Å². The summed E-state index contributed by atoms with van der Waals surface area (Å²) in [7, 11) is 0. The molecule has 1 amide bonds. The van der Waals surface area contributed by atoms with E-state index in [1.807, 2.05) is 0 Å². The van der Waals surface area contributed by atoms with Gasteiger partial charge in [-0.2, -0.15) is 0 Å². The molecule has 0 aliphatic heterocycles. The lowest BCUT2D eigenvalue weighted by atomic mass is 10.0. The highest BCUT2D eigenvalue weighted by Gasteiger charge is 2.19. The molecule has 3 heteroatoms. The third kappa shape index (κ3) is 5.37. The predicted octanol–water partition coefficient (Wildman–Crippen LogP) is 1.56. The maximum absolute atomic E-state index is 11.9. The summed E-state index contributed by atoms with van der Waals surface area (Å²) in [4.78, 5) is 13.5. The van der Waals surface area contributed by atoms with Gasteiger partial charge in [0.25, 0.3) is 0 Å². The van der Waals surface area contributed by atoms with E-state index < -0.39 is 6.04 Å². The molecular formula is C12H22N2O. The van der Waals surface area contributed by atoms with Gasteiger partial charge in [-0.05, 0) is 12.3 Å². The first-order valence-corrected chi connectivity index (χ1v) is 5.29. The van der Waals surface area contributed by atoms with Crippen LogP contribution in [0.2, 0.25) is 0 Å². The number of hydrogen-bond acceptors (Lipinski definition) is 2. The second kappa shape index (κ2) is 7.23. The first-order chi connectivity index (χ1) is 7.02. The standard InChI is InChI=1S/C12H22N2O/c1-5-7-14(8-6-2)12(15)11(13)9-10(3)4/h5-6,10-11H,1-2,7-9,13H2,3-4H3. The van der Waals surface area contributed by atoms with Gasteiger partial charge < -0.3 is 10.6 Å². The van der Waals surface area contributed by atoms with Gasteiger partial charge in [0.2, 0.25) is 5.91 Å². The molecule has 0 aromatic heterocycles. The average molecular weight is 210 g/mol. The van der Waals surface area contributed by atoms with Crippen molar-refractivity contribution in [3.05, 3.63) is 25.3 Å². The van der Waals surface area contributed by atoms with Crippen molar-refractivity contribution in [2.24, 2.45) is 11.7 Å². The van der Waals surface area contributed by atoms with Crippen LogP contribution < -0.4 is 5.73 Å². The van der Waals surface area contributed by atoms with E-state index in [2.05, 4.69) is 27.0 Å². The highest BCUT2D eigenvalue weighted by Crippen LogP contribution is 2.06. The van der Waals surface area contributed by atoms with E-state index in [9.17, 15) is 4.79 Å². The summed E-state index contributed by atoms with van der Waals surface area (Å²) in [6, 6.07) is -0.412. The van der Waals surface area contributed by atoms with Crippen LogP contribution in [-0.2, 0) is 4.79 Å². The Balaban J connectivity index is 4.33. The van der Waals surface area contributed by atoms with Gasteiger partial charge in [-0.3, -0.25) is 4.79 Å². The summed E-state index contributed by atoms with van der Waals surface area (Å²) >= 11 is 0. The van der Waals surface area contributed by atoms with Gasteiger partial charge in [0.1, 0.15) is 0 Å². The lowest BCUT2D eigenvalue weighted by molar-refractivity contribution is -0.131. The molecule has 1 unspecified atom stereocenters. The largest absolute Gasteiger partial charge is 0.334 e. The zero-order valence-corrected chi connectivity index (χ0v) is 9.78. The van der Waals surface area contributed by atoms with Crippen LogP contribution in [-0.4, -0.2) is 29.9 Å². The molecule has 0 rings (SSSR count). The number of rotatable bonds is 7. The molecule has 0 aliphatic rings. The molecule has 0 saturated heterocycles. The molecule has 0 radical (unpaired) electrons. The fourth-order valence-corrected chi connectivity index (χ4v) is 1.41. The fraction of sp³-hybridized carbons (Fsp3) is 0.583. The summed E-state index contributed by atoms with van der Waals surface area (Å²) in [5, 5.41) is 0. The van der Waals surface area contributed by atoms with Crippen molar-refractivity contribution in [1.82, 2.24) is 4.90 Å². The van der Waals surface area contributed by atoms with Crippen molar-refractivity contribution in [3.8, 4) is 0 Å². The van der Waals surface area contributed by atoms with Crippen LogP contribution in [0.4, 0.5) is 0 Å². The predicted molar refractivity (Wildman–Crippen MR) is 64.4 cm³/mol. The quantitative estimate of drug-likeness (QED) is 0.648. The molecule has 86 valence electrons. The topological polar surface area (TPSA) is 46.3 Å². The molecular weight excluding hydrogens is 188 g/mol. The van der Waals surface area contributed by atoms with E-state index in [4.69, 9.17) is 5.73 Å². The molecule has 0 aromatic carbocycles. The second-order valence-electron chi connectivity index (χ2n) is 4.06. The molecule has 0 aliphatic carbocycles. The van der Waals surface area contributed by atoms with Crippen molar-refractivity contribution >= 4 is 5.91 Å². The van der Waals surface area contributed by atoms with Crippen LogP contribution in [0.5, 0.6) is 0 Å². The maximum atomic E-state index is 11.9. The minimum Gasteiger partial charge on any atom is -0.334 e. The van der Waals surface area contributed by atoms with E-state index >= 15 is 0 Å². The summed E-state index contributed by atoms with van der Waals surface area (Å²) in [6.45, 7) is 12.4. The van der Waals surface area contributed by atoms with Crippen molar-refractivity contribution in [3.63, 3.8) is 0 Å². The molecule has 1 atom stereocenters. The zero-order valence-electron chi connectivity index (χ0n) is 9.78. The number of hydrogen-bond donors (Lipinski definition) is 1. The molecule has 2 N–H and O–H groups in total. The van der Waals surface area contributed by atoms with E-state index in [-0.39, 0.29) is 5.91 Å². The SMILES string of the molecule is C=CCN(CC=C)C(=O)C(N)CC(C)C. The van der Waals surface area contributed by atoms with Crippen molar-refractivity contribution in [2.75, 3.05) is 13.1 Å². The molecule has 0 bridgehead atoms. The number of nitrogens with two attached hydrogens (primary N) is 1. The van der Waals surface area contributed by atoms with Crippen molar-refractivity contribution in [1.29, 1.82) is 0 Å². The Morgan fingerprint density at radius 3 is 2.13 bits per heavy atom. The normalized spacial score (nSPS) is 12.3. The molecule has 0 fully saturated rings. The van der Waals surface area contributed by atoms with Gasteiger partial charge in [0.05, 0.1) is 6.04 Å². The highest BCUT2D eigenvalue weighted by molar-refractivity contribution is 5.81. The summed E-state index contributed by atoms with van der Waals surface area (Å²) < 4.78 is 0. The maximum Gasteiger partial charge on any atom is 0.240 e. The fourth-order valence-electron chi connectivity index (χ4n) is 1.41. The molecule has 3 nitrogen and oxygen atoms in total. The first kappa shape index (κ1) is 13.9. The smallest absolute Gasteiger partial charge is 0.240 e. The summed E-state index contributed by atoms with van der Waals surface area (Å²) in [6.07, 6.45) is 4.11. The Labute approximate surface area is 92.6 Å². The number of amides is 1. The Morgan fingerprint density at radius 1 is 1.33 bits per heavy atom. The third-order valence-electron chi connectivity index (χ3n) is 2.05. The van der Waals surface area contributed by atoms with Crippen molar-refractivity contribution < 1.29 is 4.79 Å².